The van der Waals surface area contributed by atoms with Gasteiger partial charge < -0.3 is 11.1 Å². The molecule has 0 saturated heterocycles. The van der Waals surface area contributed by atoms with Crippen LogP contribution in [0.1, 0.15) is 6.42 Å². The molecule has 2 aromatic rings. The second-order valence-electron chi connectivity index (χ2n) is 4.67. The first kappa shape index (κ1) is 12.6. The van der Waals surface area contributed by atoms with Gasteiger partial charge in [-0.15, -0.1) is 0 Å². The summed E-state index contributed by atoms with van der Waals surface area (Å²) in [6, 6.07) is 3.29. The maximum atomic E-state index is 11.9. The molecule has 0 aromatic carbocycles. The Morgan fingerprint density at radius 2 is 2.35 bits per heavy atom. The normalized spacial score (nSPS) is 20.4. The summed E-state index contributed by atoms with van der Waals surface area (Å²) in [6.07, 6.45) is 2.24. The van der Waals surface area contributed by atoms with Gasteiger partial charge in [-0.05, 0) is 17.5 Å². The third-order valence-electron chi connectivity index (χ3n) is 3.25. The van der Waals surface area contributed by atoms with Crippen LogP contribution in [0.25, 0.3) is 15.6 Å². The number of nitrogens with zero attached hydrogens (tertiary/aromatic N) is 3. The van der Waals surface area contributed by atoms with E-state index in [0.29, 0.717) is 28.6 Å². The Kier molecular flexibility index (Phi) is 2.92. The number of hydrogen-bond donors (Lipinski definition) is 2. The molecular weight excluding hydrogens is 278 g/mol. The van der Waals surface area contributed by atoms with Gasteiger partial charge in [0.2, 0.25) is 5.91 Å². The Morgan fingerprint density at radius 1 is 1.55 bits per heavy atom. The fraction of sp³-hybridized carbons (Fsp3) is 0.231. The molecule has 3 N–H and O–H groups in total. The van der Waals surface area contributed by atoms with Crippen LogP contribution in [0.2, 0.25) is 5.15 Å². The molecule has 1 aliphatic rings. The van der Waals surface area contributed by atoms with E-state index in [-0.39, 0.29) is 17.9 Å². The molecule has 0 radical (unpaired) electrons. The average Bonchev–Trinajstić information content (AvgIpc) is 3.17. The van der Waals surface area contributed by atoms with Gasteiger partial charge in [-0.25, -0.2) is 9.97 Å². The van der Waals surface area contributed by atoms with Crippen LogP contribution in [0.5, 0.6) is 0 Å². The van der Waals surface area contributed by atoms with E-state index in [4.69, 9.17) is 23.9 Å². The topological polar surface area (TPSA) is 85.3 Å². The van der Waals surface area contributed by atoms with Crippen molar-refractivity contribution in [2.45, 2.75) is 12.5 Å². The van der Waals surface area contributed by atoms with E-state index in [9.17, 15) is 4.79 Å². The molecule has 100 valence electrons. The predicted octanol–water partition coefficient (Wildman–Crippen LogP) is 2.16. The Balaban J connectivity index is 1.86. The number of nitrogen functional groups attached to an aromatic ring is 1. The molecule has 1 amide bonds. The average molecular weight is 289 g/mol. The number of nitrogens with one attached hydrogen (secondary N) is 1. The van der Waals surface area contributed by atoms with Crippen LogP contribution in [-0.4, -0.2) is 21.9 Å². The summed E-state index contributed by atoms with van der Waals surface area (Å²) >= 11 is 5.86. The smallest absolute Gasteiger partial charge is 0.285 e. The zero-order valence-electron chi connectivity index (χ0n) is 10.4. The largest absolute Gasteiger partial charge is 0.383 e. The zero-order chi connectivity index (χ0) is 14.3. The van der Waals surface area contributed by atoms with Gasteiger partial charge in [-0.1, -0.05) is 16.4 Å². The summed E-state index contributed by atoms with van der Waals surface area (Å²) in [6.45, 7) is 5.16. The molecule has 0 spiro atoms. The molecule has 0 aliphatic heterocycles. The summed E-state index contributed by atoms with van der Waals surface area (Å²) < 4.78 is 0. The summed E-state index contributed by atoms with van der Waals surface area (Å²) in [7, 11) is 0. The fourth-order valence-electron chi connectivity index (χ4n) is 2.06. The second-order valence-corrected chi connectivity index (χ2v) is 5.06. The summed E-state index contributed by atoms with van der Waals surface area (Å²) in [5, 5.41) is 4.48. The molecule has 6 nitrogen and oxygen atoms in total. The van der Waals surface area contributed by atoms with Crippen molar-refractivity contribution in [3.8, 4) is 6.57 Å². The fourth-order valence-corrected chi connectivity index (χ4v) is 2.26. The number of aromatic nitrogens is 2. The zero-order valence-corrected chi connectivity index (χ0v) is 11.1. The standard InChI is InChI=1S/C13H10ClN5O/c1-16-9-4-7(9)13(20)19-11-3-6-2-10(14)18-12(15)8(6)5-17-11/h1-3,5,7,9H,4H2,(H2-,15,17,18,19,20)/p+1/t7-,9-/m0/s1. The summed E-state index contributed by atoms with van der Waals surface area (Å²) in [4.78, 5) is 23.6. The quantitative estimate of drug-likeness (QED) is 0.829. The Bertz CT molecular complexity index is 754. The second kappa shape index (κ2) is 4.62. The maximum absolute atomic E-state index is 11.9. The molecule has 1 aliphatic carbocycles. The van der Waals surface area contributed by atoms with Gasteiger partial charge in [-0.3, -0.25) is 4.79 Å². The molecule has 1 fully saturated rings. The number of amides is 1. The van der Waals surface area contributed by atoms with E-state index in [1.807, 2.05) is 0 Å². The Labute approximate surface area is 119 Å². The molecule has 0 bridgehead atoms. The van der Waals surface area contributed by atoms with Crippen LogP contribution in [0.15, 0.2) is 18.3 Å². The minimum Gasteiger partial charge on any atom is -0.383 e. The highest BCUT2D eigenvalue weighted by molar-refractivity contribution is 6.30. The molecule has 0 unspecified atom stereocenters. The SMILES string of the molecule is C#[N+][C@H]1C[C@@H]1C(=O)Nc1cc2cc(Cl)nc(N)c2cn1. The molecule has 2 atom stereocenters. The van der Waals surface area contributed by atoms with Gasteiger partial charge in [0.1, 0.15) is 22.7 Å². The molecular formula is C13H11ClN5O+. The molecule has 2 aromatic heterocycles. The van der Waals surface area contributed by atoms with Crippen molar-refractivity contribution in [1.29, 1.82) is 0 Å². The number of nitrogens with two attached hydrogens (primary N) is 1. The summed E-state index contributed by atoms with van der Waals surface area (Å²) in [5.74, 6) is 0.446. The number of fused-ring (bicyclic) bond motifs is 1. The van der Waals surface area contributed by atoms with E-state index >= 15 is 0 Å². The highest BCUT2D eigenvalue weighted by Gasteiger charge is 2.52. The number of hydrogen-bond acceptors (Lipinski definition) is 4. The molecule has 7 heteroatoms. The lowest BCUT2D eigenvalue weighted by Gasteiger charge is -2.06. The van der Waals surface area contributed by atoms with Crippen molar-refractivity contribution in [2.24, 2.45) is 5.92 Å². The number of pyridine rings is 2. The van der Waals surface area contributed by atoms with E-state index in [1.165, 1.54) is 0 Å². The minimum atomic E-state index is -0.163. The van der Waals surface area contributed by atoms with E-state index in [2.05, 4.69) is 20.1 Å². The predicted molar refractivity (Wildman–Crippen MR) is 77.8 cm³/mol. The maximum Gasteiger partial charge on any atom is 0.285 e. The van der Waals surface area contributed by atoms with E-state index in [0.717, 1.165) is 5.39 Å². The Morgan fingerprint density at radius 3 is 3.05 bits per heavy atom. The van der Waals surface area contributed by atoms with Crippen LogP contribution < -0.4 is 11.1 Å². The first-order valence-electron chi connectivity index (χ1n) is 6.01. The van der Waals surface area contributed by atoms with Crippen molar-refractivity contribution >= 4 is 39.9 Å². The minimum absolute atomic E-state index is 0.0789. The van der Waals surface area contributed by atoms with Crippen molar-refractivity contribution in [3.05, 3.63) is 28.3 Å². The third-order valence-corrected chi connectivity index (χ3v) is 3.44. The van der Waals surface area contributed by atoms with Gasteiger partial charge >= 0.3 is 0 Å². The lowest BCUT2D eigenvalue weighted by atomic mass is 10.2. The highest BCUT2D eigenvalue weighted by atomic mass is 35.5. The number of anilines is 2. The number of carbonyl (C=O) groups is 1. The number of rotatable bonds is 2. The van der Waals surface area contributed by atoms with Crippen molar-refractivity contribution in [3.63, 3.8) is 0 Å². The van der Waals surface area contributed by atoms with Gasteiger partial charge in [-0.2, -0.15) is 0 Å². The van der Waals surface area contributed by atoms with Crippen molar-refractivity contribution < 1.29 is 4.79 Å². The van der Waals surface area contributed by atoms with Crippen LogP contribution >= 0.6 is 11.6 Å². The number of halogens is 1. The summed E-state index contributed by atoms with van der Waals surface area (Å²) in [5.41, 5.74) is 5.75. The van der Waals surface area contributed by atoms with Crippen LogP contribution in [0.3, 0.4) is 0 Å². The van der Waals surface area contributed by atoms with Crippen molar-refractivity contribution in [1.82, 2.24) is 9.97 Å². The Hall–Kier alpha value is -2.39. The van der Waals surface area contributed by atoms with Gasteiger partial charge in [0, 0.05) is 18.0 Å². The van der Waals surface area contributed by atoms with Gasteiger partial charge in [0.05, 0.1) is 0 Å². The molecule has 3 rings (SSSR count). The van der Waals surface area contributed by atoms with Crippen LogP contribution in [-0.2, 0) is 4.79 Å². The third kappa shape index (κ3) is 2.24. The number of carbonyl (C=O) groups excluding carboxylic acids is 1. The van der Waals surface area contributed by atoms with E-state index < -0.39 is 0 Å². The van der Waals surface area contributed by atoms with Crippen LogP contribution in [0.4, 0.5) is 11.6 Å². The first-order chi connectivity index (χ1) is 9.58. The van der Waals surface area contributed by atoms with Crippen LogP contribution in [0, 0.1) is 12.5 Å². The van der Waals surface area contributed by atoms with Gasteiger partial charge in [0.15, 0.2) is 0 Å². The van der Waals surface area contributed by atoms with Gasteiger partial charge in [0.25, 0.3) is 12.6 Å². The molecule has 1 saturated carbocycles. The lowest BCUT2D eigenvalue weighted by molar-refractivity contribution is -0.117. The van der Waals surface area contributed by atoms with Crippen molar-refractivity contribution in [2.75, 3.05) is 11.1 Å². The molecule has 2 heterocycles. The molecule has 20 heavy (non-hydrogen) atoms. The van der Waals surface area contributed by atoms with E-state index in [1.54, 1.807) is 18.3 Å². The lowest BCUT2D eigenvalue weighted by Crippen LogP contribution is -2.16. The monoisotopic (exact) mass is 288 g/mol. The first-order valence-corrected chi connectivity index (χ1v) is 6.39. The highest BCUT2D eigenvalue weighted by Crippen LogP contribution is 2.35.